The highest BCUT2D eigenvalue weighted by atomic mass is 35.5. The van der Waals surface area contributed by atoms with Crippen molar-refractivity contribution in [3.8, 4) is 0 Å². The van der Waals surface area contributed by atoms with Gasteiger partial charge in [-0.1, -0.05) is 29.3 Å². The Bertz CT molecular complexity index is 1000. The minimum Gasteiger partial charge on any atom is -0.322 e. The van der Waals surface area contributed by atoms with Crippen LogP contribution in [0.15, 0.2) is 48.5 Å². The van der Waals surface area contributed by atoms with Gasteiger partial charge in [0.1, 0.15) is 17.9 Å². The number of halogens is 1. The Morgan fingerprint density at radius 1 is 1.00 bits per heavy atom. The van der Waals surface area contributed by atoms with Gasteiger partial charge in [-0.2, -0.15) is 0 Å². The lowest BCUT2D eigenvalue weighted by Gasteiger charge is -2.25. The average molecular weight is 410 g/mol. The maximum Gasteiger partial charge on any atom is 0.244 e. The Morgan fingerprint density at radius 3 is 2.34 bits per heavy atom. The number of nitrogens with zero attached hydrogens (tertiary/aromatic N) is 1. The van der Waals surface area contributed by atoms with Gasteiger partial charge in [-0.15, -0.1) is 0 Å². The number of benzene rings is 2. The Balaban J connectivity index is 1.54. The summed E-state index contributed by atoms with van der Waals surface area (Å²) in [7, 11) is 0. The molecule has 6 heteroatoms. The summed E-state index contributed by atoms with van der Waals surface area (Å²) in [5.74, 6) is -1.46. The van der Waals surface area contributed by atoms with Crippen LogP contribution >= 0.6 is 11.6 Å². The number of nitrogens with one attached hydrogen (secondary N) is 1. The van der Waals surface area contributed by atoms with Gasteiger partial charge >= 0.3 is 0 Å². The number of rotatable bonds is 3. The van der Waals surface area contributed by atoms with E-state index >= 15 is 0 Å². The van der Waals surface area contributed by atoms with Crippen molar-refractivity contribution >= 4 is 34.9 Å². The number of imide groups is 1. The maximum atomic E-state index is 13.4. The molecule has 0 radical (unpaired) electrons. The van der Waals surface area contributed by atoms with E-state index in [1.807, 2.05) is 31.2 Å². The van der Waals surface area contributed by atoms with Crippen LogP contribution in [0, 0.1) is 18.8 Å². The van der Waals surface area contributed by atoms with E-state index in [1.165, 1.54) is 4.90 Å². The number of fused-ring (bicyclic) bond motifs is 3. The molecule has 5 rings (SSSR count). The molecule has 1 N–H and O–H groups in total. The van der Waals surface area contributed by atoms with E-state index in [9.17, 15) is 14.4 Å². The van der Waals surface area contributed by atoms with Gasteiger partial charge in [-0.3, -0.25) is 14.4 Å². The molecule has 0 saturated carbocycles. The molecule has 148 valence electrons. The van der Waals surface area contributed by atoms with Gasteiger partial charge < -0.3 is 4.90 Å². The number of Topliss-reactive ketones (excluding diaryl/α,β-unsaturated/α-hetero) is 1. The fraction of sp³-hybridized carbons (Fsp3) is 0.348. The average Bonchev–Trinajstić information content (AvgIpc) is 3.35. The van der Waals surface area contributed by atoms with Crippen LogP contribution in [0.1, 0.15) is 28.8 Å². The van der Waals surface area contributed by atoms with Crippen molar-refractivity contribution in [3.05, 3.63) is 64.7 Å². The predicted octanol–water partition coefficient (Wildman–Crippen LogP) is 2.07. The molecule has 3 saturated heterocycles. The van der Waals surface area contributed by atoms with E-state index in [0.29, 0.717) is 16.3 Å². The quantitative estimate of drug-likeness (QED) is 0.623. The third-order valence-electron chi connectivity index (χ3n) is 6.75. The van der Waals surface area contributed by atoms with Gasteiger partial charge in [0.05, 0.1) is 12.2 Å². The fourth-order valence-corrected chi connectivity index (χ4v) is 5.61. The first kappa shape index (κ1) is 18.5. The number of carbonyl (C=O) groups excluding carboxylic acids is 3. The summed E-state index contributed by atoms with van der Waals surface area (Å²) in [4.78, 5) is 42.6. The molecule has 5 atom stereocenters. The SMILES string of the molecule is Cc1ccc(N2C(=O)[C@@H]3[C@H](C2=O)[C@H]2CCC[NH+]2[C@@H]3C(=O)c2ccc(Cl)cc2)cc1. The summed E-state index contributed by atoms with van der Waals surface area (Å²) in [6.45, 7) is 2.79. The van der Waals surface area contributed by atoms with Gasteiger partial charge in [0, 0.05) is 23.4 Å². The van der Waals surface area contributed by atoms with Crippen molar-refractivity contribution in [1.29, 1.82) is 0 Å². The van der Waals surface area contributed by atoms with Crippen LogP contribution in [-0.4, -0.2) is 36.2 Å². The van der Waals surface area contributed by atoms with Gasteiger partial charge in [-0.05, 0) is 43.3 Å². The largest absolute Gasteiger partial charge is 0.322 e. The van der Waals surface area contributed by atoms with Crippen LogP contribution in [0.4, 0.5) is 5.69 Å². The zero-order valence-electron chi connectivity index (χ0n) is 16.1. The lowest BCUT2D eigenvalue weighted by atomic mass is 9.85. The van der Waals surface area contributed by atoms with Crippen LogP contribution in [0.2, 0.25) is 5.02 Å². The van der Waals surface area contributed by atoms with E-state index in [2.05, 4.69) is 0 Å². The molecule has 3 aliphatic heterocycles. The summed E-state index contributed by atoms with van der Waals surface area (Å²) >= 11 is 5.97. The minimum absolute atomic E-state index is 0.0353. The molecule has 29 heavy (non-hydrogen) atoms. The summed E-state index contributed by atoms with van der Waals surface area (Å²) in [6.07, 6.45) is 1.85. The second kappa shape index (κ2) is 6.78. The van der Waals surface area contributed by atoms with E-state index < -0.39 is 17.9 Å². The Hall–Kier alpha value is -2.50. The first-order valence-corrected chi connectivity index (χ1v) is 10.4. The highest BCUT2D eigenvalue weighted by molar-refractivity contribution is 6.30. The third kappa shape index (κ3) is 2.75. The van der Waals surface area contributed by atoms with Crippen LogP contribution in [0.3, 0.4) is 0 Å². The molecular formula is C23H22ClN2O3+. The zero-order valence-corrected chi connectivity index (χ0v) is 16.9. The highest BCUT2D eigenvalue weighted by Crippen LogP contribution is 2.40. The van der Waals surface area contributed by atoms with Crippen molar-refractivity contribution in [1.82, 2.24) is 0 Å². The lowest BCUT2D eigenvalue weighted by molar-refractivity contribution is -0.915. The number of quaternary nitrogens is 1. The summed E-state index contributed by atoms with van der Waals surface area (Å²) < 4.78 is 0. The molecule has 0 bridgehead atoms. The normalized spacial score (nSPS) is 30.6. The number of amides is 2. The second-order valence-electron chi connectivity index (χ2n) is 8.32. The Labute approximate surface area is 174 Å². The molecule has 0 aromatic heterocycles. The van der Waals surface area contributed by atoms with Crippen molar-refractivity contribution in [3.63, 3.8) is 0 Å². The van der Waals surface area contributed by atoms with Gasteiger partial charge in [0.2, 0.25) is 17.6 Å². The highest BCUT2D eigenvalue weighted by Gasteiger charge is 2.68. The van der Waals surface area contributed by atoms with Gasteiger partial charge in [-0.25, -0.2) is 4.90 Å². The number of aryl methyl sites for hydroxylation is 1. The zero-order chi connectivity index (χ0) is 20.3. The molecule has 2 aromatic carbocycles. The number of anilines is 1. The fourth-order valence-electron chi connectivity index (χ4n) is 5.48. The third-order valence-corrected chi connectivity index (χ3v) is 7.00. The predicted molar refractivity (Wildman–Crippen MR) is 109 cm³/mol. The molecule has 0 spiro atoms. The standard InChI is InChI=1S/C23H21ClN2O3/c1-13-4-10-16(11-5-13)26-22(28)18-17-3-2-12-25(17)20(19(18)23(26)29)21(27)14-6-8-15(24)9-7-14/h4-11,17-20H,2-3,12H2,1H3/p+1/t17-,18-,19-,20+/m1/s1. The molecule has 1 unspecified atom stereocenters. The van der Waals surface area contributed by atoms with Crippen LogP contribution in [0.25, 0.3) is 0 Å². The van der Waals surface area contributed by atoms with Crippen molar-refractivity contribution in [2.75, 3.05) is 11.4 Å². The van der Waals surface area contributed by atoms with E-state index in [1.54, 1.807) is 24.3 Å². The Kier molecular flexibility index (Phi) is 4.33. The van der Waals surface area contributed by atoms with Crippen molar-refractivity contribution in [2.45, 2.75) is 31.8 Å². The summed E-state index contributed by atoms with van der Waals surface area (Å²) in [5, 5.41) is 0.565. The monoisotopic (exact) mass is 409 g/mol. The number of carbonyl (C=O) groups is 3. The number of hydrogen-bond acceptors (Lipinski definition) is 3. The van der Waals surface area contributed by atoms with E-state index in [0.717, 1.165) is 29.8 Å². The molecule has 2 amide bonds. The molecule has 3 heterocycles. The van der Waals surface area contributed by atoms with Crippen molar-refractivity contribution < 1.29 is 19.3 Å². The second-order valence-corrected chi connectivity index (χ2v) is 8.76. The first-order valence-electron chi connectivity index (χ1n) is 10.1. The maximum absolute atomic E-state index is 13.4. The molecule has 3 aliphatic rings. The van der Waals surface area contributed by atoms with Gasteiger partial charge in [0.15, 0.2) is 6.04 Å². The number of hydrogen-bond donors (Lipinski definition) is 1. The smallest absolute Gasteiger partial charge is 0.244 e. The van der Waals surface area contributed by atoms with Crippen LogP contribution < -0.4 is 9.80 Å². The van der Waals surface area contributed by atoms with E-state index in [4.69, 9.17) is 11.6 Å². The minimum atomic E-state index is -0.590. The lowest BCUT2D eigenvalue weighted by Crippen LogP contribution is -3.16. The molecule has 3 fully saturated rings. The number of ketones is 1. The molecule has 5 nitrogen and oxygen atoms in total. The van der Waals surface area contributed by atoms with Crippen molar-refractivity contribution in [2.24, 2.45) is 11.8 Å². The summed E-state index contributed by atoms with van der Waals surface area (Å²) in [5.41, 5.74) is 2.21. The van der Waals surface area contributed by atoms with E-state index in [-0.39, 0.29) is 23.6 Å². The molecule has 0 aliphatic carbocycles. The topological polar surface area (TPSA) is 58.9 Å². The van der Waals surface area contributed by atoms with Gasteiger partial charge in [0.25, 0.3) is 0 Å². The molecular weight excluding hydrogens is 388 g/mol. The van der Waals surface area contributed by atoms with Crippen LogP contribution in [0.5, 0.6) is 0 Å². The molecule has 2 aromatic rings. The Morgan fingerprint density at radius 2 is 1.66 bits per heavy atom. The first-order chi connectivity index (χ1) is 14.0. The summed E-state index contributed by atoms with van der Waals surface area (Å²) in [6, 6.07) is 13.7. The van der Waals surface area contributed by atoms with Crippen LogP contribution in [-0.2, 0) is 9.59 Å².